The third-order valence-corrected chi connectivity index (χ3v) is 6.80. The van der Waals surface area contributed by atoms with Crippen molar-refractivity contribution in [2.75, 3.05) is 56.5 Å². The first kappa shape index (κ1) is 25.2. The van der Waals surface area contributed by atoms with Gasteiger partial charge in [0.2, 0.25) is 5.95 Å². The molecular weight excluding hydrogens is 494 g/mol. The lowest BCUT2D eigenvalue weighted by molar-refractivity contribution is -0.142. The molecule has 0 atom stereocenters. The summed E-state index contributed by atoms with van der Waals surface area (Å²) in [5.41, 5.74) is -3.81. The maximum absolute atomic E-state index is 14.7. The normalized spacial score (nSPS) is 17.9. The number of aromatic nitrogens is 3. The van der Waals surface area contributed by atoms with Gasteiger partial charge in [0.1, 0.15) is 28.5 Å². The number of piperazine rings is 1. The Bertz CT molecular complexity index is 1340. The largest absolute Gasteiger partial charge is 0.506 e. The number of para-hydroxylation sites is 1. The minimum Gasteiger partial charge on any atom is -0.506 e. The van der Waals surface area contributed by atoms with Gasteiger partial charge < -0.3 is 25.5 Å². The first-order chi connectivity index (χ1) is 17.6. The van der Waals surface area contributed by atoms with Crippen LogP contribution in [0.5, 0.6) is 5.75 Å². The predicted molar refractivity (Wildman–Crippen MR) is 131 cm³/mol. The number of pyridine rings is 1. The van der Waals surface area contributed by atoms with Crippen LogP contribution in [0.25, 0.3) is 16.6 Å². The molecule has 4 heterocycles. The molecule has 0 radical (unpaired) electrons. The van der Waals surface area contributed by atoms with Crippen molar-refractivity contribution in [2.24, 2.45) is 0 Å². The number of hydrogen-bond acceptors (Lipinski definition) is 8. The number of anilines is 2. The third kappa shape index (κ3) is 4.92. The fourth-order valence-electron chi connectivity index (χ4n) is 4.84. The summed E-state index contributed by atoms with van der Waals surface area (Å²) in [5.74, 6) is -1.65. The van der Waals surface area contributed by atoms with E-state index in [0.717, 1.165) is 50.2 Å². The molecule has 0 aliphatic carbocycles. The highest BCUT2D eigenvalue weighted by Crippen LogP contribution is 2.36. The standard InChI is InChI=1S/C24H27F4N7O2/c1-33-9-5-14(6-10-33)30-23-31-19-15(21(32-23)34-11-7-29-8-12-34)13-18(24(26,27)28)35(22(19)37)20-16(25)3-2-4-17(20)36/h2-4,13-14,29,36H,5-12H2,1H3,(H,30,31,32). The monoisotopic (exact) mass is 521 g/mol. The number of likely N-dealkylation sites (tertiary alicyclic amines) is 1. The van der Waals surface area contributed by atoms with Crippen molar-refractivity contribution in [1.29, 1.82) is 0 Å². The van der Waals surface area contributed by atoms with E-state index >= 15 is 0 Å². The highest BCUT2D eigenvalue weighted by atomic mass is 19.4. The Morgan fingerprint density at radius 1 is 1.11 bits per heavy atom. The summed E-state index contributed by atoms with van der Waals surface area (Å²) in [6, 6.07) is 3.83. The predicted octanol–water partition coefficient (Wildman–Crippen LogP) is 2.56. The second-order valence-corrected chi connectivity index (χ2v) is 9.37. The van der Waals surface area contributed by atoms with Crippen molar-refractivity contribution in [2.45, 2.75) is 25.1 Å². The fraction of sp³-hybridized carbons (Fsp3) is 0.458. The van der Waals surface area contributed by atoms with E-state index in [1.165, 1.54) is 0 Å². The lowest BCUT2D eigenvalue weighted by atomic mass is 10.1. The summed E-state index contributed by atoms with van der Waals surface area (Å²) >= 11 is 0. The highest BCUT2D eigenvalue weighted by Gasteiger charge is 2.38. The van der Waals surface area contributed by atoms with Gasteiger partial charge in [0, 0.05) is 32.2 Å². The average Bonchev–Trinajstić information content (AvgIpc) is 2.86. The van der Waals surface area contributed by atoms with E-state index in [9.17, 15) is 27.5 Å². The highest BCUT2D eigenvalue weighted by molar-refractivity contribution is 5.91. The maximum atomic E-state index is 14.7. The Hall–Kier alpha value is -3.45. The molecule has 5 rings (SSSR count). The van der Waals surface area contributed by atoms with Gasteiger partial charge in [-0.1, -0.05) is 6.07 Å². The number of alkyl halides is 3. The number of benzene rings is 1. The number of piperidine rings is 1. The van der Waals surface area contributed by atoms with Gasteiger partial charge in [0.15, 0.2) is 5.82 Å². The number of phenols is 1. The molecule has 2 saturated heterocycles. The molecule has 0 saturated carbocycles. The van der Waals surface area contributed by atoms with Crippen molar-refractivity contribution < 1.29 is 22.7 Å². The fourth-order valence-corrected chi connectivity index (χ4v) is 4.84. The zero-order valence-electron chi connectivity index (χ0n) is 20.1. The van der Waals surface area contributed by atoms with Crippen molar-refractivity contribution in [3.63, 3.8) is 0 Å². The van der Waals surface area contributed by atoms with Gasteiger partial charge in [-0.2, -0.15) is 18.2 Å². The van der Waals surface area contributed by atoms with Crippen molar-refractivity contribution in [3.05, 3.63) is 46.1 Å². The van der Waals surface area contributed by atoms with E-state index in [1.807, 2.05) is 11.9 Å². The van der Waals surface area contributed by atoms with Crippen LogP contribution in [-0.4, -0.2) is 76.9 Å². The van der Waals surface area contributed by atoms with Crippen molar-refractivity contribution in [1.82, 2.24) is 24.8 Å². The molecule has 3 N–H and O–H groups in total. The van der Waals surface area contributed by atoms with Gasteiger partial charge in [-0.3, -0.25) is 9.36 Å². The van der Waals surface area contributed by atoms with Crippen molar-refractivity contribution in [3.8, 4) is 11.4 Å². The van der Waals surface area contributed by atoms with Crippen LogP contribution in [0.1, 0.15) is 18.5 Å². The molecular formula is C24H27F4N7O2. The van der Waals surface area contributed by atoms with Gasteiger partial charge in [-0.15, -0.1) is 0 Å². The second kappa shape index (κ2) is 9.78. The number of aromatic hydroxyl groups is 1. The summed E-state index contributed by atoms with van der Waals surface area (Å²) in [7, 11) is 2.02. The number of halogens is 4. The first-order valence-electron chi connectivity index (χ1n) is 12.1. The first-order valence-corrected chi connectivity index (χ1v) is 12.1. The van der Waals surface area contributed by atoms with Crippen LogP contribution in [0, 0.1) is 5.82 Å². The molecule has 2 aliphatic rings. The zero-order chi connectivity index (χ0) is 26.3. The summed E-state index contributed by atoms with van der Waals surface area (Å²) in [6.45, 7) is 3.83. The number of nitrogens with zero attached hydrogens (tertiary/aromatic N) is 5. The lowest BCUT2D eigenvalue weighted by Crippen LogP contribution is -2.44. The zero-order valence-corrected chi connectivity index (χ0v) is 20.1. The minimum absolute atomic E-state index is 0.0248. The Balaban J connectivity index is 1.75. The summed E-state index contributed by atoms with van der Waals surface area (Å²) < 4.78 is 57.6. The molecule has 1 aromatic carbocycles. The SMILES string of the molecule is CN1CCC(Nc2nc(N3CCNCC3)c3cc(C(F)(F)F)n(-c4c(O)cccc4F)c(=O)c3n2)CC1. The van der Waals surface area contributed by atoms with Crippen LogP contribution >= 0.6 is 0 Å². The minimum atomic E-state index is -5.03. The van der Waals surface area contributed by atoms with Crippen LogP contribution in [-0.2, 0) is 6.18 Å². The van der Waals surface area contributed by atoms with Crippen LogP contribution in [0.4, 0.5) is 29.3 Å². The van der Waals surface area contributed by atoms with Crippen LogP contribution < -0.4 is 21.1 Å². The van der Waals surface area contributed by atoms with E-state index in [1.54, 1.807) is 0 Å². The number of hydrogen-bond donors (Lipinski definition) is 3. The number of nitrogens with one attached hydrogen (secondary N) is 2. The van der Waals surface area contributed by atoms with Crippen molar-refractivity contribution >= 4 is 22.7 Å². The number of rotatable bonds is 4. The molecule has 3 aromatic rings. The third-order valence-electron chi connectivity index (χ3n) is 6.80. The summed E-state index contributed by atoms with van der Waals surface area (Å²) in [4.78, 5) is 26.5. The van der Waals surface area contributed by atoms with Gasteiger partial charge in [-0.25, -0.2) is 9.37 Å². The summed E-state index contributed by atoms with van der Waals surface area (Å²) in [6.07, 6.45) is -3.42. The molecule has 2 fully saturated rings. The van der Waals surface area contributed by atoms with E-state index < -0.39 is 34.7 Å². The van der Waals surface area contributed by atoms with E-state index in [4.69, 9.17) is 0 Å². The van der Waals surface area contributed by atoms with Gasteiger partial charge in [-0.05, 0) is 51.2 Å². The molecule has 0 amide bonds. The topological polar surface area (TPSA) is 98.5 Å². The molecule has 9 nitrogen and oxygen atoms in total. The Morgan fingerprint density at radius 2 is 1.81 bits per heavy atom. The molecule has 198 valence electrons. The Kier molecular flexibility index (Phi) is 6.67. The Labute approximate surface area is 209 Å². The second-order valence-electron chi connectivity index (χ2n) is 9.37. The van der Waals surface area contributed by atoms with Crippen LogP contribution in [0.2, 0.25) is 0 Å². The van der Waals surface area contributed by atoms with E-state index in [0.29, 0.717) is 26.2 Å². The molecule has 2 aliphatic heterocycles. The van der Waals surface area contributed by atoms with Crippen LogP contribution in [0.15, 0.2) is 29.1 Å². The molecule has 2 aromatic heterocycles. The maximum Gasteiger partial charge on any atom is 0.431 e. The van der Waals surface area contributed by atoms with Gasteiger partial charge >= 0.3 is 6.18 Å². The molecule has 0 bridgehead atoms. The molecule has 0 spiro atoms. The molecule has 0 unspecified atom stereocenters. The quantitative estimate of drug-likeness (QED) is 0.451. The van der Waals surface area contributed by atoms with Gasteiger partial charge in [0.25, 0.3) is 5.56 Å². The smallest absolute Gasteiger partial charge is 0.431 e. The summed E-state index contributed by atoms with van der Waals surface area (Å²) in [5, 5.41) is 16.6. The van der Waals surface area contributed by atoms with Gasteiger partial charge in [0.05, 0.1) is 5.39 Å². The molecule has 37 heavy (non-hydrogen) atoms. The number of phenolic OH excluding ortho intramolecular Hbond substituents is 1. The average molecular weight is 522 g/mol. The van der Waals surface area contributed by atoms with E-state index in [2.05, 4.69) is 25.5 Å². The molecule has 13 heteroatoms. The number of fused-ring (bicyclic) bond motifs is 1. The van der Waals surface area contributed by atoms with Crippen LogP contribution in [0.3, 0.4) is 0 Å². The Morgan fingerprint density at radius 3 is 2.46 bits per heavy atom. The lowest BCUT2D eigenvalue weighted by Gasteiger charge is -2.31. The van der Waals surface area contributed by atoms with E-state index in [-0.39, 0.29) is 33.3 Å².